The van der Waals surface area contributed by atoms with Gasteiger partial charge >= 0.3 is 5.69 Å². The van der Waals surface area contributed by atoms with Crippen LogP contribution in [0, 0.1) is 17.0 Å². The smallest absolute Gasteiger partial charge is 0.312 e. The van der Waals surface area contributed by atoms with E-state index < -0.39 is 4.92 Å². The fourth-order valence-corrected chi connectivity index (χ4v) is 2.03. The summed E-state index contributed by atoms with van der Waals surface area (Å²) in [6.07, 6.45) is 1.50. The van der Waals surface area contributed by atoms with E-state index in [9.17, 15) is 10.1 Å². The van der Waals surface area contributed by atoms with Gasteiger partial charge in [0.25, 0.3) is 0 Å². The number of hydrogen-bond acceptors (Lipinski definition) is 4. The van der Waals surface area contributed by atoms with Crippen molar-refractivity contribution in [1.82, 2.24) is 4.98 Å². The molecule has 7 heteroatoms. The van der Waals surface area contributed by atoms with Gasteiger partial charge < -0.3 is 5.32 Å². The van der Waals surface area contributed by atoms with Gasteiger partial charge in [0, 0.05) is 27.4 Å². The Bertz CT molecular complexity index is 649. The molecule has 19 heavy (non-hydrogen) atoms. The van der Waals surface area contributed by atoms with Crippen LogP contribution in [0.5, 0.6) is 0 Å². The Labute approximate surface area is 122 Å². The summed E-state index contributed by atoms with van der Waals surface area (Å²) in [5.41, 5.74) is 1.39. The third-order valence-electron chi connectivity index (χ3n) is 2.55. The fraction of sp³-hybridized carbons (Fsp3) is 0.0833. The number of anilines is 2. The molecule has 5 nitrogen and oxygen atoms in total. The number of nitro groups is 1. The summed E-state index contributed by atoms with van der Waals surface area (Å²) in [6, 6.07) is 6.71. The summed E-state index contributed by atoms with van der Waals surface area (Å²) in [4.78, 5) is 14.5. The number of pyridine rings is 1. The van der Waals surface area contributed by atoms with E-state index in [1.54, 1.807) is 18.2 Å². The van der Waals surface area contributed by atoms with Gasteiger partial charge in [-0.3, -0.25) is 10.1 Å². The van der Waals surface area contributed by atoms with Crippen molar-refractivity contribution in [3.8, 4) is 0 Å². The molecule has 98 valence electrons. The lowest BCUT2D eigenvalue weighted by molar-refractivity contribution is -0.384. The second kappa shape index (κ2) is 5.54. The van der Waals surface area contributed by atoms with Gasteiger partial charge in [0.15, 0.2) is 0 Å². The highest BCUT2D eigenvalue weighted by Gasteiger charge is 2.16. The zero-order valence-electron chi connectivity index (χ0n) is 9.85. The third kappa shape index (κ3) is 3.02. The minimum absolute atomic E-state index is 0.103. The predicted molar refractivity (Wildman–Crippen MR) is 78.1 cm³/mol. The first-order valence-electron chi connectivity index (χ1n) is 5.31. The molecule has 0 fully saturated rings. The summed E-state index contributed by atoms with van der Waals surface area (Å²) in [7, 11) is 0. The van der Waals surface area contributed by atoms with Gasteiger partial charge in [-0.05, 0) is 40.5 Å². The molecule has 0 bridgehead atoms. The molecule has 0 aliphatic rings. The molecule has 0 radical (unpaired) electrons. The number of halogens is 2. The first-order chi connectivity index (χ1) is 8.99. The van der Waals surface area contributed by atoms with Crippen LogP contribution in [0.4, 0.5) is 17.2 Å². The molecule has 1 heterocycles. The molecule has 0 aliphatic heterocycles. The van der Waals surface area contributed by atoms with Gasteiger partial charge in [0.2, 0.25) is 5.82 Å². The lowest BCUT2D eigenvalue weighted by Crippen LogP contribution is -2.01. The van der Waals surface area contributed by atoms with Crippen molar-refractivity contribution in [2.45, 2.75) is 6.92 Å². The van der Waals surface area contributed by atoms with E-state index in [1.165, 1.54) is 12.3 Å². The topological polar surface area (TPSA) is 68.1 Å². The van der Waals surface area contributed by atoms with Crippen molar-refractivity contribution in [3.63, 3.8) is 0 Å². The molecule has 1 aromatic heterocycles. The maximum absolute atomic E-state index is 11.0. The quantitative estimate of drug-likeness (QED) is 0.660. The van der Waals surface area contributed by atoms with Crippen LogP contribution in [0.3, 0.4) is 0 Å². The number of aromatic nitrogens is 1. The van der Waals surface area contributed by atoms with Gasteiger partial charge in [-0.1, -0.05) is 17.7 Å². The van der Waals surface area contributed by atoms with E-state index in [-0.39, 0.29) is 11.5 Å². The van der Waals surface area contributed by atoms with Crippen molar-refractivity contribution in [2.75, 3.05) is 5.32 Å². The van der Waals surface area contributed by atoms with Gasteiger partial charge in [-0.15, -0.1) is 0 Å². The molecule has 2 rings (SSSR count). The van der Waals surface area contributed by atoms with Crippen molar-refractivity contribution >= 4 is 44.7 Å². The van der Waals surface area contributed by atoms with Crippen LogP contribution >= 0.6 is 27.5 Å². The van der Waals surface area contributed by atoms with E-state index in [0.717, 1.165) is 5.56 Å². The second-order valence-corrected chi connectivity index (χ2v) is 5.14. The van der Waals surface area contributed by atoms with Crippen molar-refractivity contribution in [1.29, 1.82) is 0 Å². The molecule has 0 unspecified atom stereocenters. The first kappa shape index (κ1) is 13.8. The van der Waals surface area contributed by atoms with Gasteiger partial charge in [-0.25, -0.2) is 4.98 Å². The van der Waals surface area contributed by atoms with E-state index in [0.29, 0.717) is 15.2 Å². The van der Waals surface area contributed by atoms with Crippen LogP contribution in [-0.2, 0) is 0 Å². The van der Waals surface area contributed by atoms with Crippen LogP contribution in [0.25, 0.3) is 0 Å². The van der Waals surface area contributed by atoms with E-state index in [2.05, 4.69) is 26.2 Å². The van der Waals surface area contributed by atoms with Gasteiger partial charge in [-0.2, -0.15) is 0 Å². The maximum atomic E-state index is 11.0. The van der Waals surface area contributed by atoms with Crippen LogP contribution in [-0.4, -0.2) is 9.91 Å². The highest BCUT2D eigenvalue weighted by Crippen LogP contribution is 2.31. The summed E-state index contributed by atoms with van der Waals surface area (Å²) in [6.45, 7) is 1.83. The Morgan fingerprint density at radius 3 is 2.89 bits per heavy atom. The third-order valence-corrected chi connectivity index (χ3v) is 3.39. The Morgan fingerprint density at radius 2 is 2.21 bits per heavy atom. The average Bonchev–Trinajstić information content (AvgIpc) is 2.36. The van der Waals surface area contributed by atoms with Crippen molar-refractivity contribution in [2.24, 2.45) is 0 Å². The second-order valence-electron chi connectivity index (χ2n) is 3.82. The monoisotopic (exact) mass is 341 g/mol. The molecule has 1 aromatic carbocycles. The molecule has 0 spiro atoms. The summed E-state index contributed by atoms with van der Waals surface area (Å²) in [5.74, 6) is 0.179. The standard InChI is InChI=1S/C12H9BrClN3O2/c1-7-9(14)3-2-4-10(7)16-12-11(17(18)19)5-8(13)6-15-12/h2-6H,1H3,(H,15,16). The minimum atomic E-state index is -0.486. The normalized spacial score (nSPS) is 10.3. The predicted octanol–water partition coefficient (Wildman–Crippen LogP) is 4.46. The first-order valence-corrected chi connectivity index (χ1v) is 6.48. The van der Waals surface area contributed by atoms with Crippen LogP contribution < -0.4 is 5.32 Å². The zero-order valence-corrected chi connectivity index (χ0v) is 12.2. The molecule has 2 aromatic rings. The highest BCUT2D eigenvalue weighted by molar-refractivity contribution is 9.10. The molecule has 0 saturated heterocycles. The lowest BCUT2D eigenvalue weighted by Gasteiger charge is -2.10. The van der Waals surface area contributed by atoms with Crippen molar-refractivity contribution < 1.29 is 4.92 Å². The Hall–Kier alpha value is -1.66. The number of hydrogen-bond donors (Lipinski definition) is 1. The van der Waals surface area contributed by atoms with Crippen LogP contribution in [0.2, 0.25) is 5.02 Å². The highest BCUT2D eigenvalue weighted by atomic mass is 79.9. The Kier molecular flexibility index (Phi) is 4.01. The van der Waals surface area contributed by atoms with Gasteiger partial charge in [0.1, 0.15) is 0 Å². The molecular weight excluding hydrogens is 334 g/mol. The van der Waals surface area contributed by atoms with Crippen LogP contribution in [0.1, 0.15) is 5.56 Å². The summed E-state index contributed by atoms with van der Waals surface area (Å²) in [5, 5.41) is 14.5. The Balaban J connectivity index is 2.44. The van der Waals surface area contributed by atoms with Gasteiger partial charge in [0.05, 0.1) is 4.92 Å². The minimum Gasteiger partial charge on any atom is -0.334 e. The zero-order chi connectivity index (χ0) is 14.0. The SMILES string of the molecule is Cc1c(Cl)cccc1Nc1ncc(Br)cc1[N+](=O)[O-]. The number of benzene rings is 1. The summed E-state index contributed by atoms with van der Waals surface area (Å²) >= 11 is 9.17. The Morgan fingerprint density at radius 1 is 1.47 bits per heavy atom. The number of rotatable bonds is 3. The molecule has 0 saturated carbocycles. The molecule has 0 aliphatic carbocycles. The molecule has 0 amide bonds. The number of nitrogens with one attached hydrogen (secondary N) is 1. The fourth-order valence-electron chi connectivity index (χ4n) is 1.53. The maximum Gasteiger partial charge on any atom is 0.312 e. The van der Waals surface area contributed by atoms with Crippen LogP contribution in [0.15, 0.2) is 34.9 Å². The van der Waals surface area contributed by atoms with E-state index in [4.69, 9.17) is 11.6 Å². The molecule has 0 atom stereocenters. The molecule has 1 N–H and O–H groups in total. The van der Waals surface area contributed by atoms with Crippen molar-refractivity contribution in [3.05, 3.63) is 55.6 Å². The largest absolute Gasteiger partial charge is 0.334 e. The number of nitrogens with zero attached hydrogens (tertiary/aromatic N) is 2. The molecular formula is C12H9BrClN3O2. The van der Waals surface area contributed by atoms with E-state index in [1.807, 2.05) is 6.92 Å². The average molecular weight is 343 g/mol. The summed E-state index contributed by atoms with van der Waals surface area (Å²) < 4.78 is 0.549. The van der Waals surface area contributed by atoms with E-state index >= 15 is 0 Å². The lowest BCUT2D eigenvalue weighted by atomic mass is 10.2.